The van der Waals surface area contributed by atoms with E-state index in [2.05, 4.69) is 40.3 Å². The zero-order chi connectivity index (χ0) is 20.8. The molecular formula is C23H22BrCl2NO2. The van der Waals surface area contributed by atoms with E-state index < -0.39 is 0 Å². The molecular weight excluding hydrogens is 473 g/mol. The van der Waals surface area contributed by atoms with Gasteiger partial charge in [0.1, 0.15) is 6.61 Å². The highest BCUT2D eigenvalue weighted by Gasteiger charge is 2.12. The summed E-state index contributed by atoms with van der Waals surface area (Å²) in [6.45, 7) is 5.64. The van der Waals surface area contributed by atoms with Crippen molar-refractivity contribution in [2.45, 2.75) is 27.0 Å². The van der Waals surface area contributed by atoms with Crippen molar-refractivity contribution in [3.05, 3.63) is 85.8 Å². The molecule has 0 atom stereocenters. The standard InChI is InChI=1S/C23H22BrCl2NO2/c1-3-28-22-10-17(13-27-21-9-8-18(25)11-20(21)26)19(24)12-23(22)29-14-16-7-5-4-6-15(16)2/h4-12,27H,3,13-14H2,1-2H3. The highest BCUT2D eigenvalue weighted by Crippen LogP contribution is 2.35. The third-order valence-electron chi connectivity index (χ3n) is 4.46. The van der Waals surface area contributed by atoms with E-state index in [0.717, 1.165) is 21.3 Å². The fourth-order valence-corrected chi connectivity index (χ4v) is 3.78. The van der Waals surface area contributed by atoms with Gasteiger partial charge >= 0.3 is 0 Å². The third-order valence-corrected chi connectivity index (χ3v) is 5.74. The number of aryl methyl sites for hydroxylation is 1. The van der Waals surface area contributed by atoms with Crippen molar-refractivity contribution in [1.82, 2.24) is 0 Å². The second-order valence-electron chi connectivity index (χ2n) is 6.52. The monoisotopic (exact) mass is 493 g/mol. The first-order valence-corrected chi connectivity index (χ1v) is 10.8. The Balaban J connectivity index is 1.77. The highest BCUT2D eigenvalue weighted by molar-refractivity contribution is 9.10. The quantitative estimate of drug-likeness (QED) is 0.348. The lowest BCUT2D eigenvalue weighted by Gasteiger charge is -2.16. The van der Waals surface area contributed by atoms with E-state index in [-0.39, 0.29) is 0 Å². The van der Waals surface area contributed by atoms with Crippen molar-refractivity contribution in [1.29, 1.82) is 0 Å². The predicted octanol–water partition coefficient (Wildman–Crippen LogP) is 7.65. The fourth-order valence-electron chi connectivity index (χ4n) is 2.84. The van der Waals surface area contributed by atoms with Crippen LogP contribution in [0.2, 0.25) is 10.0 Å². The van der Waals surface area contributed by atoms with Crippen molar-refractivity contribution in [3.8, 4) is 11.5 Å². The van der Waals surface area contributed by atoms with E-state index in [1.807, 2.05) is 37.3 Å². The highest BCUT2D eigenvalue weighted by atomic mass is 79.9. The second-order valence-corrected chi connectivity index (χ2v) is 8.21. The number of ether oxygens (including phenoxy) is 2. The van der Waals surface area contributed by atoms with Crippen LogP contribution in [0.15, 0.2) is 59.1 Å². The van der Waals surface area contributed by atoms with Gasteiger partial charge in [-0.1, -0.05) is 63.4 Å². The molecule has 0 radical (unpaired) electrons. The van der Waals surface area contributed by atoms with Gasteiger partial charge in [-0.25, -0.2) is 0 Å². The topological polar surface area (TPSA) is 30.5 Å². The molecule has 152 valence electrons. The van der Waals surface area contributed by atoms with Gasteiger partial charge in [-0.3, -0.25) is 0 Å². The summed E-state index contributed by atoms with van der Waals surface area (Å²) >= 11 is 15.9. The van der Waals surface area contributed by atoms with Gasteiger partial charge in [-0.15, -0.1) is 0 Å². The Hall–Kier alpha value is -1.88. The molecule has 0 aliphatic rings. The maximum atomic E-state index is 6.25. The van der Waals surface area contributed by atoms with E-state index in [1.165, 1.54) is 5.56 Å². The molecule has 0 aromatic heterocycles. The maximum absolute atomic E-state index is 6.25. The minimum Gasteiger partial charge on any atom is -0.490 e. The Morgan fingerprint density at radius 2 is 1.69 bits per heavy atom. The summed E-state index contributed by atoms with van der Waals surface area (Å²) < 4.78 is 12.8. The SMILES string of the molecule is CCOc1cc(CNc2ccc(Cl)cc2Cl)c(Br)cc1OCc1ccccc1C. The molecule has 0 heterocycles. The third kappa shape index (κ3) is 5.81. The Bertz CT molecular complexity index is 995. The molecule has 0 amide bonds. The number of rotatable bonds is 8. The summed E-state index contributed by atoms with van der Waals surface area (Å²) in [6.07, 6.45) is 0. The van der Waals surface area contributed by atoms with E-state index in [4.69, 9.17) is 32.7 Å². The zero-order valence-electron chi connectivity index (χ0n) is 16.3. The molecule has 0 unspecified atom stereocenters. The lowest BCUT2D eigenvalue weighted by atomic mass is 10.1. The van der Waals surface area contributed by atoms with Crippen LogP contribution in [0.1, 0.15) is 23.6 Å². The number of halogens is 3. The van der Waals surface area contributed by atoms with Gasteiger partial charge in [-0.2, -0.15) is 0 Å². The largest absolute Gasteiger partial charge is 0.490 e. The molecule has 0 spiro atoms. The molecule has 3 nitrogen and oxygen atoms in total. The second kappa shape index (κ2) is 10.2. The van der Waals surface area contributed by atoms with Crippen LogP contribution in [0.3, 0.4) is 0 Å². The van der Waals surface area contributed by atoms with Crippen LogP contribution in [0.25, 0.3) is 0 Å². The summed E-state index contributed by atoms with van der Waals surface area (Å²) in [7, 11) is 0. The lowest BCUT2D eigenvalue weighted by Crippen LogP contribution is -2.05. The molecule has 0 aliphatic carbocycles. The smallest absolute Gasteiger partial charge is 0.162 e. The molecule has 3 rings (SSSR count). The number of hydrogen-bond donors (Lipinski definition) is 1. The number of benzene rings is 3. The number of nitrogens with one attached hydrogen (secondary N) is 1. The molecule has 3 aromatic carbocycles. The first-order valence-electron chi connectivity index (χ1n) is 9.29. The van der Waals surface area contributed by atoms with E-state index in [1.54, 1.807) is 12.1 Å². The summed E-state index contributed by atoms with van der Waals surface area (Å²) in [5, 5.41) is 4.52. The van der Waals surface area contributed by atoms with Crippen molar-refractivity contribution in [2.75, 3.05) is 11.9 Å². The summed E-state index contributed by atoms with van der Waals surface area (Å²) in [5.74, 6) is 1.42. The van der Waals surface area contributed by atoms with Gasteiger partial charge in [-0.05, 0) is 60.9 Å². The van der Waals surface area contributed by atoms with Crippen LogP contribution in [-0.4, -0.2) is 6.61 Å². The van der Waals surface area contributed by atoms with Crippen LogP contribution in [0.5, 0.6) is 11.5 Å². The van der Waals surface area contributed by atoms with Gasteiger partial charge < -0.3 is 14.8 Å². The average Bonchev–Trinajstić information content (AvgIpc) is 2.69. The van der Waals surface area contributed by atoms with Gasteiger partial charge in [0.05, 0.1) is 17.3 Å². The minimum absolute atomic E-state index is 0.483. The van der Waals surface area contributed by atoms with Gasteiger partial charge in [0.15, 0.2) is 11.5 Å². The zero-order valence-corrected chi connectivity index (χ0v) is 19.4. The van der Waals surface area contributed by atoms with Crippen LogP contribution in [0.4, 0.5) is 5.69 Å². The number of hydrogen-bond acceptors (Lipinski definition) is 3. The van der Waals surface area contributed by atoms with Crippen LogP contribution >= 0.6 is 39.1 Å². The molecule has 1 N–H and O–H groups in total. The fraction of sp³-hybridized carbons (Fsp3) is 0.217. The van der Waals surface area contributed by atoms with E-state index in [9.17, 15) is 0 Å². The van der Waals surface area contributed by atoms with Crippen molar-refractivity contribution < 1.29 is 9.47 Å². The Morgan fingerprint density at radius 1 is 0.931 bits per heavy atom. The van der Waals surface area contributed by atoms with E-state index in [0.29, 0.717) is 41.3 Å². The van der Waals surface area contributed by atoms with Gasteiger partial charge in [0.25, 0.3) is 0 Å². The Kier molecular flexibility index (Phi) is 7.70. The van der Waals surface area contributed by atoms with Crippen molar-refractivity contribution in [2.24, 2.45) is 0 Å². The van der Waals surface area contributed by atoms with Crippen molar-refractivity contribution in [3.63, 3.8) is 0 Å². The van der Waals surface area contributed by atoms with Crippen molar-refractivity contribution >= 4 is 44.8 Å². The molecule has 29 heavy (non-hydrogen) atoms. The molecule has 6 heteroatoms. The Morgan fingerprint density at radius 3 is 2.41 bits per heavy atom. The Labute approximate surface area is 190 Å². The van der Waals surface area contributed by atoms with E-state index >= 15 is 0 Å². The molecule has 0 aliphatic heterocycles. The summed E-state index contributed by atoms with van der Waals surface area (Å²) in [5.41, 5.74) is 4.20. The first-order chi connectivity index (χ1) is 14.0. The predicted molar refractivity (Wildman–Crippen MR) is 125 cm³/mol. The van der Waals surface area contributed by atoms with Gasteiger partial charge in [0, 0.05) is 16.0 Å². The normalized spacial score (nSPS) is 10.7. The summed E-state index contributed by atoms with van der Waals surface area (Å²) in [6, 6.07) is 17.5. The molecule has 0 saturated carbocycles. The molecule has 0 bridgehead atoms. The average molecular weight is 495 g/mol. The van der Waals surface area contributed by atoms with Crippen LogP contribution < -0.4 is 14.8 Å². The maximum Gasteiger partial charge on any atom is 0.162 e. The molecule has 0 saturated heterocycles. The lowest BCUT2D eigenvalue weighted by molar-refractivity contribution is 0.268. The van der Waals surface area contributed by atoms with Crippen LogP contribution in [-0.2, 0) is 13.2 Å². The minimum atomic E-state index is 0.483. The molecule has 3 aromatic rings. The van der Waals surface area contributed by atoms with Crippen LogP contribution in [0, 0.1) is 6.92 Å². The first kappa shape index (κ1) is 21.8. The summed E-state index contributed by atoms with van der Waals surface area (Å²) in [4.78, 5) is 0. The van der Waals surface area contributed by atoms with Gasteiger partial charge in [0.2, 0.25) is 0 Å². The number of anilines is 1. The molecule has 0 fully saturated rings.